The number of fused-ring (bicyclic) bond motifs is 1. The van der Waals surface area contributed by atoms with Gasteiger partial charge in [0, 0.05) is 25.7 Å². The van der Waals surface area contributed by atoms with Crippen molar-refractivity contribution >= 4 is 11.0 Å². The molecule has 0 fully saturated rings. The predicted molar refractivity (Wildman–Crippen MR) is 72.6 cm³/mol. The van der Waals surface area contributed by atoms with Crippen LogP contribution in [0.4, 0.5) is 0 Å². The Balaban J connectivity index is 1.62. The lowest BCUT2D eigenvalue weighted by molar-refractivity contribution is 0.299. The SMILES string of the molecule is CN(CCn1cnc2ccccc21)Cc1ccon1. The van der Waals surface area contributed by atoms with Gasteiger partial charge in [0.15, 0.2) is 0 Å². The summed E-state index contributed by atoms with van der Waals surface area (Å²) in [7, 11) is 2.08. The van der Waals surface area contributed by atoms with E-state index < -0.39 is 0 Å². The van der Waals surface area contributed by atoms with Crippen LogP contribution in [0, 0.1) is 0 Å². The van der Waals surface area contributed by atoms with Gasteiger partial charge >= 0.3 is 0 Å². The van der Waals surface area contributed by atoms with Gasteiger partial charge in [-0.05, 0) is 19.2 Å². The van der Waals surface area contributed by atoms with Crippen LogP contribution < -0.4 is 0 Å². The van der Waals surface area contributed by atoms with E-state index in [-0.39, 0.29) is 0 Å². The zero-order valence-corrected chi connectivity index (χ0v) is 10.9. The number of likely N-dealkylation sites (N-methyl/N-ethyl adjacent to an activating group) is 1. The van der Waals surface area contributed by atoms with E-state index in [0.29, 0.717) is 0 Å². The van der Waals surface area contributed by atoms with Crippen LogP contribution in [0.1, 0.15) is 5.69 Å². The van der Waals surface area contributed by atoms with Crippen LogP contribution >= 0.6 is 0 Å². The molecule has 0 unspecified atom stereocenters. The number of para-hydroxylation sites is 2. The maximum atomic E-state index is 4.83. The molecule has 0 bridgehead atoms. The summed E-state index contributed by atoms with van der Waals surface area (Å²) in [5, 5.41) is 3.92. The second-order valence-corrected chi connectivity index (χ2v) is 4.66. The molecule has 3 rings (SSSR count). The first-order valence-corrected chi connectivity index (χ1v) is 6.30. The van der Waals surface area contributed by atoms with Gasteiger partial charge in [0.05, 0.1) is 23.1 Å². The quantitative estimate of drug-likeness (QED) is 0.702. The minimum atomic E-state index is 0.795. The largest absolute Gasteiger partial charge is 0.364 e. The van der Waals surface area contributed by atoms with Crippen LogP contribution in [-0.4, -0.2) is 33.2 Å². The molecule has 0 aliphatic rings. The van der Waals surface area contributed by atoms with Crippen molar-refractivity contribution in [3.63, 3.8) is 0 Å². The number of rotatable bonds is 5. The predicted octanol–water partition coefficient (Wildman–Crippen LogP) is 2.16. The molecule has 98 valence electrons. The molecule has 19 heavy (non-hydrogen) atoms. The molecular formula is C14H16N4O. The van der Waals surface area contributed by atoms with Gasteiger partial charge in [-0.3, -0.25) is 4.90 Å². The van der Waals surface area contributed by atoms with Gasteiger partial charge in [-0.15, -0.1) is 0 Å². The molecule has 0 aliphatic carbocycles. The number of aromatic nitrogens is 3. The molecule has 2 aromatic heterocycles. The maximum Gasteiger partial charge on any atom is 0.124 e. The minimum Gasteiger partial charge on any atom is -0.364 e. The summed E-state index contributed by atoms with van der Waals surface area (Å²) in [5.41, 5.74) is 3.18. The zero-order valence-electron chi connectivity index (χ0n) is 10.9. The van der Waals surface area contributed by atoms with Gasteiger partial charge in [0.25, 0.3) is 0 Å². The van der Waals surface area contributed by atoms with E-state index in [1.54, 1.807) is 6.26 Å². The first-order valence-electron chi connectivity index (χ1n) is 6.30. The monoisotopic (exact) mass is 256 g/mol. The average Bonchev–Trinajstić information content (AvgIpc) is 3.05. The second-order valence-electron chi connectivity index (χ2n) is 4.66. The van der Waals surface area contributed by atoms with E-state index in [0.717, 1.165) is 30.8 Å². The van der Waals surface area contributed by atoms with E-state index in [4.69, 9.17) is 4.52 Å². The van der Waals surface area contributed by atoms with Gasteiger partial charge in [0.1, 0.15) is 6.26 Å². The molecule has 3 aromatic rings. The first kappa shape index (κ1) is 11.9. The van der Waals surface area contributed by atoms with Crippen molar-refractivity contribution in [3.8, 4) is 0 Å². The molecule has 0 saturated carbocycles. The van der Waals surface area contributed by atoms with Crippen LogP contribution in [0.15, 0.2) is 47.4 Å². The Morgan fingerprint density at radius 1 is 1.26 bits per heavy atom. The Hall–Kier alpha value is -2.14. The lowest BCUT2D eigenvalue weighted by atomic mass is 10.3. The van der Waals surface area contributed by atoms with Crippen molar-refractivity contribution in [1.82, 2.24) is 19.6 Å². The summed E-state index contributed by atoms with van der Waals surface area (Å²) in [6.45, 7) is 2.64. The van der Waals surface area contributed by atoms with Gasteiger partial charge < -0.3 is 9.09 Å². The summed E-state index contributed by atoms with van der Waals surface area (Å²) >= 11 is 0. The summed E-state index contributed by atoms with van der Waals surface area (Å²) in [6.07, 6.45) is 3.50. The van der Waals surface area contributed by atoms with Gasteiger partial charge in [-0.1, -0.05) is 17.3 Å². The Morgan fingerprint density at radius 3 is 3.00 bits per heavy atom. The summed E-state index contributed by atoms with van der Waals surface area (Å²) in [5.74, 6) is 0. The Morgan fingerprint density at radius 2 is 2.16 bits per heavy atom. The maximum absolute atomic E-state index is 4.83. The van der Waals surface area contributed by atoms with Crippen molar-refractivity contribution in [2.45, 2.75) is 13.1 Å². The van der Waals surface area contributed by atoms with Crippen LogP contribution in [0.2, 0.25) is 0 Å². The smallest absolute Gasteiger partial charge is 0.124 e. The Kier molecular flexibility index (Phi) is 3.29. The lowest BCUT2D eigenvalue weighted by Crippen LogP contribution is -2.22. The third kappa shape index (κ3) is 2.66. The van der Waals surface area contributed by atoms with E-state index in [2.05, 4.69) is 32.7 Å². The molecule has 0 aliphatic heterocycles. The fourth-order valence-corrected chi connectivity index (χ4v) is 2.14. The van der Waals surface area contributed by atoms with Crippen LogP contribution in [0.5, 0.6) is 0 Å². The van der Waals surface area contributed by atoms with Gasteiger partial charge in [0.2, 0.25) is 0 Å². The summed E-state index contributed by atoms with van der Waals surface area (Å²) < 4.78 is 7.01. The summed E-state index contributed by atoms with van der Waals surface area (Å²) in [6, 6.07) is 10.1. The van der Waals surface area contributed by atoms with E-state index >= 15 is 0 Å². The first-order chi connectivity index (χ1) is 9.33. The molecule has 0 saturated heterocycles. The molecule has 5 heteroatoms. The second kappa shape index (κ2) is 5.24. The Labute approximate surface area is 111 Å². The third-order valence-electron chi connectivity index (χ3n) is 3.17. The zero-order chi connectivity index (χ0) is 13.1. The highest BCUT2D eigenvalue weighted by Crippen LogP contribution is 2.11. The third-order valence-corrected chi connectivity index (χ3v) is 3.17. The lowest BCUT2D eigenvalue weighted by Gasteiger charge is -2.15. The molecule has 0 amide bonds. The van der Waals surface area contributed by atoms with E-state index in [1.807, 2.05) is 30.6 Å². The fraction of sp³-hybridized carbons (Fsp3) is 0.286. The van der Waals surface area contributed by atoms with Crippen molar-refractivity contribution < 1.29 is 4.52 Å². The molecule has 1 aromatic carbocycles. The van der Waals surface area contributed by atoms with Crippen molar-refractivity contribution in [1.29, 1.82) is 0 Å². The van der Waals surface area contributed by atoms with Crippen molar-refractivity contribution in [2.75, 3.05) is 13.6 Å². The summed E-state index contributed by atoms with van der Waals surface area (Å²) in [4.78, 5) is 6.60. The average molecular weight is 256 g/mol. The molecule has 0 spiro atoms. The highest BCUT2D eigenvalue weighted by Gasteiger charge is 2.05. The normalized spacial score (nSPS) is 11.5. The van der Waals surface area contributed by atoms with E-state index in [9.17, 15) is 0 Å². The topological polar surface area (TPSA) is 47.1 Å². The molecule has 0 atom stereocenters. The number of benzene rings is 1. The minimum absolute atomic E-state index is 0.795. The van der Waals surface area contributed by atoms with Crippen LogP contribution in [-0.2, 0) is 13.1 Å². The Bertz CT molecular complexity index is 644. The molecule has 0 radical (unpaired) electrons. The van der Waals surface area contributed by atoms with Crippen molar-refractivity contribution in [3.05, 3.63) is 48.6 Å². The molecular weight excluding hydrogens is 240 g/mol. The van der Waals surface area contributed by atoms with E-state index in [1.165, 1.54) is 5.52 Å². The highest BCUT2D eigenvalue weighted by molar-refractivity contribution is 5.74. The number of hydrogen-bond donors (Lipinski definition) is 0. The fourth-order valence-electron chi connectivity index (χ4n) is 2.14. The van der Waals surface area contributed by atoms with Crippen LogP contribution in [0.25, 0.3) is 11.0 Å². The van der Waals surface area contributed by atoms with Gasteiger partial charge in [-0.25, -0.2) is 4.98 Å². The molecule has 5 nitrogen and oxygen atoms in total. The van der Waals surface area contributed by atoms with Crippen LogP contribution in [0.3, 0.4) is 0 Å². The molecule has 2 heterocycles. The highest BCUT2D eigenvalue weighted by atomic mass is 16.5. The number of imidazole rings is 1. The van der Waals surface area contributed by atoms with Gasteiger partial charge in [-0.2, -0.15) is 0 Å². The standard InChI is InChI=1S/C14H16N4O/c1-17(10-12-6-9-19-16-12)7-8-18-11-15-13-4-2-3-5-14(13)18/h2-6,9,11H,7-8,10H2,1H3. The number of nitrogens with zero attached hydrogens (tertiary/aromatic N) is 4. The number of hydrogen-bond acceptors (Lipinski definition) is 4. The van der Waals surface area contributed by atoms with Crippen molar-refractivity contribution in [2.24, 2.45) is 0 Å². The molecule has 0 N–H and O–H groups in total.